The number of para-hydroxylation sites is 1. The van der Waals surface area contributed by atoms with Gasteiger partial charge in [-0.2, -0.15) is 0 Å². The third-order valence-corrected chi connectivity index (χ3v) is 2.81. The fraction of sp³-hybridized carbons (Fsp3) is 0.176. The maximum absolute atomic E-state index is 13.5. The number of benzene rings is 2. The fourth-order valence-corrected chi connectivity index (χ4v) is 1.83. The van der Waals surface area contributed by atoms with Gasteiger partial charge in [0.05, 0.1) is 7.11 Å². The van der Waals surface area contributed by atoms with Crippen LogP contribution in [0.15, 0.2) is 42.5 Å². The van der Waals surface area contributed by atoms with Crippen molar-refractivity contribution in [3.8, 4) is 23.3 Å². The molecule has 3 nitrogen and oxygen atoms in total. The van der Waals surface area contributed by atoms with E-state index in [0.717, 1.165) is 11.1 Å². The lowest BCUT2D eigenvalue weighted by Crippen LogP contribution is -2.00. The second-order valence-electron chi connectivity index (χ2n) is 4.21. The highest BCUT2D eigenvalue weighted by Gasteiger charge is 2.07. The van der Waals surface area contributed by atoms with Crippen LogP contribution in [0.5, 0.6) is 11.5 Å². The van der Waals surface area contributed by atoms with Gasteiger partial charge in [-0.3, -0.25) is 0 Å². The lowest BCUT2D eigenvalue weighted by molar-refractivity contribution is 0.282. The van der Waals surface area contributed by atoms with Gasteiger partial charge < -0.3 is 14.6 Å². The Hall–Kier alpha value is -2.51. The Morgan fingerprint density at radius 3 is 2.67 bits per heavy atom. The molecule has 0 radical (unpaired) electrons. The summed E-state index contributed by atoms with van der Waals surface area (Å²) in [7, 11) is 1.56. The van der Waals surface area contributed by atoms with E-state index in [1.165, 1.54) is 6.07 Å². The average Bonchev–Trinajstić information content (AvgIpc) is 2.52. The minimum Gasteiger partial charge on any atom is -0.496 e. The molecule has 21 heavy (non-hydrogen) atoms. The Morgan fingerprint density at radius 1 is 1.14 bits per heavy atom. The molecule has 2 aromatic rings. The highest BCUT2D eigenvalue weighted by molar-refractivity contribution is 5.44. The lowest BCUT2D eigenvalue weighted by Gasteiger charge is -2.11. The Balaban J connectivity index is 2.19. The summed E-state index contributed by atoms with van der Waals surface area (Å²) in [6, 6.07) is 11.6. The molecule has 0 heterocycles. The SMILES string of the molecule is COc1ccc(C#CCO)cc1COc1ccccc1F. The van der Waals surface area contributed by atoms with Crippen LogP contribution < -0.4 is 9.47 Å². The molecule has 4 heteroatoms. The molecule has 0 aliphatic heterocycles. The van der Waals surface area contributed by atoms with Crippen LogP contribution in [0.25, 0.3) is 0 Å². The van der Waals surface area contributed by atoms with Gasteiger partial charge in [-0.1, -0.05) is 24.0 Å². The number of hydrogen-bond acceptors (Lipinski definition) is 3. The van der Waals surface area contributed by atoms with Crippen LogP contribution in [0, 0.1) is 17.7 Å². The smallest absolute Gasteiger partial charge is 0.165 e. The Morgan fingerprint density at radius 2 is 1.95 bits per heavy atom. The van der Waals surface area contributed by atoms with E-state index >= 15 is 0 Å². The molecule has 0 saturated heterocycles. The van der Waals surface area contributed by atoms with E-state index in [1.807, 2.05) is 0 Å². The Labute approximate surface area is 122 Å². The monoisotopic (exact) mass is 286 g/mol. The molecule has 0 atom stereocenters. The van der Waals surface area contributed by atoms with E-state index in [4.69, 9.17) is 14.6 Å². The van der Waals surface area contributed by atoms with Gasteiger partial charge in [-0.15, -0.1) is 0 Å². The number of methoxy groups -OCH3 is 1. The summed E-state index contributed by atoms with van der Waals surface area (Å²) in [5, 5.41) is 8.72. The van der Waals surface area contributed by atoms with E-state index in [-0.39, 0.29) is 19.0 Å². The predicted molar refractivity (Wildman–Crippen MR) is 77.7 cm³/mol. The molecule has 0 amide bonds. The van der Waals surface area contributed by atoms with E-state index in [2.05, 4.69) is 11.8 Å². The zero-order chi connectivity index (χ0) is 15.1. The maximum Gasteiger partial charge on any atom is 0.165 e. The molecule has 108 valence electrons. The zero-order valence-electron chi connectivity index (χ0n) is 11.6. The van der Waals surface area contributed by atoms with Crippen LogP contribution in [0.1, 0.15) is 11.1 Å². The third kappa shape index (κ3) is 3.98. The number of rotatable bonds is 4. The van der Waals surface area contributed by atoms with Gasteiger partial charge in [0.2, 0.25) is 0 Å². The van der Waals surface area contributed by atoms with Gasteiger partial charge >= 0.3 is 0 Å². The largest absolute Gasteiger partial charge is 0.496 e. The Kier molecular flexibility index (Phi) is 5.19. The van der Waals surface area contributed by atoms with E-state index in [9.17, 15) is 4.39 Å². The molecular formula is C17H15FO3. The third-order valence-electron chi connectivity index (χ3n) is 2.81. The standard InChI is InChI=1S/C17H15FO3/c1-20-16-9-8-13(5-4-10-19)11-14(16)12-21-17-7-3-2-6-15(17)18/h2-3,6-9,11,19H,10,12H2,1H3. The van der Waals surface area contributed by atoms with Gasteiger partial charge in [0.1, 0.15) is 19.0 Å². The van der Waals surface area contributed by atoms with E-state index in [1.54, 1.807) is 43.5 Å². The summed E-state index contributed by atoms with van der Waals surface area (Å²) >= 11 is 0. The van der Waals surface area contributed by atoms with Crippen LogP contribution in [-0.4, -0.2) is 18.8 Å². The van der Waals surface area contributed by atoms with Crippen LogP contribution >= 0.6 is 0 Å². The molecule has 0 bridgehead atoms. The summed E-state index contributed by atoms with van der Waals surface area (Å²) in [6.07, 6.45) is 0. The molecule has 0 aliphatic rings. The van der Waals surface area contributed by atoms with Crippen LogP contribution in [0.2, 0.25) is 0 Å². The van der Waals surface area contributed by atoms with Crippen LogP contribution in [-0.2, 0) is 6.61 Å². The number of aliphatic hydroxyl groups excluding tert-OH is 1. The van der Waals surface area contributed by atoms with Crippen molar-refractivity contribution in [2.75, 3.05) is 13.7 Å². The zero-order valence-corrected chi connectivity index (χ0v) is 11.6. The number of hydrogen-bond donors (Lipinski definition) is 1. The maximum atomic E-state index is 13.5. The van der Waals surface area contributed by atoms with Crippen LogP contribution in [0.4, 0.5) is 4.39 Å². The number of halogens is 1. The predicted octanol–water partition coefficient (Wildman–Crippen LogP) is 2.76. The first-order valence-electron chi connectivity index (χ1n) is 6.38. The quantitative estimate of drug-likeness (QED) is 0.878. The first-order valence-corrected chi connectivity index (χ1v) is 6.38. The highest BCUT2D eigenvalue weighted by Crippen LogP contribution is 2.23. The van der Waals surface area contributed by atoms with Gasteiger partial charge in [0.25, 0.3) is 0 Å². The van der Waals surface area contributed by atoms with E-state index in [0.29, 0.717) is 5.75 Å². The van der Waals surface area contributed by atoms with Crippen molar-refractivity contribution < 1.29 is 19.0 Å². The molecule has 0 unspecified atom stereocenters. The topological polar surface area (TPSA) is 38.7 Å². The second-order valence-corrected chi connectivity index (χ2v) is 4.21. The molecular weight excluding hydrogens is 271 g/mol. The molecule has 1 N–H and O–H groups in total. The highest BCUT2D eigenvalue weighted by atomic mass is 19.1. The Bertz CT molecular complexity index is 671. The number of ether oxygens (including phenoxy) is 2. The lowest BCUT2D eigenvalue weighted by atomic mass is 10.1. The summed E-state index contributed by atoms with van der Waals surface area (Å²) in [4.78, 5) is 0. The first kappa shape index (κ1) is 14.9. The van der Waals surface area contributed by atoms with Gasteiger partial charge in [-0.05, 0) is 30.3 Å². The normalized spacial score (nSPS) is 9.67. The first-order chi connectivity index (χ1) is 10.2. The summed E-state index contributed by atoms with van der Waals surface area (Å²) in [6.45, 7) is -0.0359. The van der Waals surface area contributed by atoms with Crippen molar-refractivity contribution in [3.05, 3.63) is 59.4 Å². The fourth-order valence-electron chi connectivity index (χ4n) is 1.83. The van der Waals surface area contributed by atoms with Crippen molar-refractivity contribution in [2.45, 2.75) is 6.61 Å². The van der Waals surface area contributed by atoms with Crippen molar-refractivity contribution in [2.24, 2.45) is 0 Å². The summed E-state index contributed by atoms with van der Waals surface area (Å²) in [5.74, 6) is 5.80. The minimum atomic E-state index is -0.410. The molecule has 2 rings (SSSR count). The van der Waals surface area contributed by atoms with Crippen molar-refractivity contribution in [1.82, 2.24) is 0 Å². The molecule has 0 saturated carbocycles. The summed E-state index contributed by atoms with van der Waals surface area (Å²) < 4.78 is 24.2. The van der Waals surface area contributed by atoms with E-state index < -0.39 is 5.82 Å². The van der Waals surface area contributed by atoms with Gasteiger partial charge in [0.15, 0.2) is 11.6 Å². The van der Waals surface area contributed by atoms with Crippen molar-refractivity contribution in [3.63, 3.8) is 0 Å². The van der Waals surface area contributed by atoms with Gasteiger partial charge in [0, 0.05) is 11.1 Å². The second kappa shape index (κ2) is 7.32. The number of aliphatic hydroxyl groups is 1. The molecule has 2 aromatic carbocycles. The minimum absolute atomic E-state index is 0.165. The van der Waals surface area contributed by atoms with Crippen molar-refractivity contribution in [1.29, 1.82) is 0 Å². The molecule has 0 spiro atoms. The van der Waals surface area contributed by atoms with Crippen LogP contribution in [0.3, 0.4) is 0 Å². The molecule has 0 aliphatic carbocycles. The van der Waals surface area contributed by atoms with Crippen molar-refractivity contribution >= 4 is 0 Å². The average molecular weight is 286 g/mol. The summed E-state index contributed by atoms with van der Waals surface area (Å²) in [5.41, 5.74) is 1.49. The molecule has 0 fully saturated rings. The molecule has 0 aromatic heterocycles. The van der Waals surface area contributed by atoms with Gasteiger partial charge in [-0.25, -0.2) is 4.39 Å².